The van der Waals surface area contributed by atoms with Crippen LogP contribution in [0, 0.1) is 20.8 Å². The smallest absolute Gasteiger partial charge is 0.318 e. The Hall–Kier alpha value is -3.45. The van der Waals surface area contributed by atoms with E-state index in [1.165, 1.54) is 5.56 Å². The lowest BCUT2D eigenvalue weighted by molar-refractivity contribution is -0.122. The third kappa shape index (κ3) is 4.60. The van der Waals surface area contributed by atoms with Gasteiger partial charge in [-0.25, -0.2) is 9.69 Å². The number of halogens is 1. The van der Waals surface area contributed by atoms with Crippen molar-refractivity contribution in [3.05, 3.63) is 86.7 Å². The van der Waals surface area contributed by atoms with Crippen LogP contribution in [0.1, 0.15) is 48.8 Å². The Bertz CT molecular complexity index is 1390. The molecule has 1 aromatic heterocycles. The number of rotatable bonds is 3. The van der Waals surface area contributed by atoms with Crippen LogP contribution in [0.4, 0.5) is 10.5 Å². The number of carbonyl (C=O) groups excluding carboxylic acids is 3. The number of carbonyl (C=O) groups is 3. The first-order chi connectivity index (χ1) is 16.4. The van der Waals surface area contributed by atoms with Gasteiger partial charge in [0.1, 0.15) is 5.57 Å². The zero-order valence-electron chi connectivity index (χ0n) is 20.7. The summed E-state index contributed by atoms with van der Waals surface area (Å²) < 4.78 is 2.95. The van der Waals surface area contributed by atoms with Gasteiger partial charge >= 0.3 is 6.03 Å². The highest BCUT2D eigenvalue weighted by molar-refractivity contribution is 9.10. The summed E-state index contributed by atoms with van der Waals surface area (Å²) in [5, 5.41) is 2.30. The number of amides is 4. The zero-order valence-corrected chi connectivity index (χ0v) is 22.3. The predicted octanol–water partition coefficient (Wildman–Crippen LogP) is 6.13. The second-order valence-electron chi connectivity index (χ2n) is 9.85. The van der Waals surface area contributed by atoms with Crippen molar-refractivity contribution in [3.63, 3.8) is 0 Å². The number of barbiturate groups is 1. The van der Waals surface area contributed by atoms with E-state index in [9.17, 15) is 14.4 Å². The first-order valence-electron chi connectivity index (χ1n) is 11.4. The summed E-state index contributed by atoms with van der Waals surface area (Å²) in [6.07, 6.45) is 1.56. The fraction of sp³-hybridized carbons (Fsp3) is 0.250. The van der Waals surface area contributed by atoms with Gasteiger partial charge in [-0.05, 0) is 85.4 Å². The monoisotopic (exact) mass is 533 g/mol. The van der Waals surface area contributed by atoms with E-state index in [4.69, 9.17) is 0 Å². The molecule has 4 amide bonds. The van der Waals surface area contributed by atoms with Crippen LogP contribution in [0.3, 0.4) is 0 Å². The number of aromatic nitrogens is 1. The van der Waals surface area contributed by atoms with Crippen molar-refractivity contribution in [1.29, 1.82) is 0 Å². The van der Waals surface area contributed by atoms with Crippen LogP contribution in [0.15, 0.2) is 58.6 Å². The second kappa shape index (κ2) is 8.96. The molecule has 1 aliphatic heterocycles. The molecule has 1 fully saturated rings. The Morgan fingerprint density at radius 2 is 1.51 bits per heavy atom. The Balaban J connectivity index is 1.73. The molecule has 0 unspecified atom stereocenters. The van der Waals surface area contributed by atoms with Crippen molar-refractivity contribution >= 4 is 45.5 Å². The molecule has 35 heavy (non-hydrogen) atoms. The number of benzene rings is 2. The quantitative estimate of drug-likeness (QED) is 0.325. The van der Waals surface area contributed by atoms with Gasteiger partial charge < -0.3 is 4.57 Å². The minimum atomic E-state index is -0.761. The second-order valence-corrected chi connectivity index (χ2v) is 10.7. The lowest BCUT2D eigenvalue weighted by Gasteiger charge is -2.26. The summed E-state index contributed by atoms with van der Waals surface area (Å²) in [5.41, 5.74) is 6.07. The lowest BCUT2D eigenvalue weighted by atomic mass is 9.87. The third-order valence-corrected chi connectivity index (χ3v) is 7.15. The molecule has 6 nitrogen and oxygen atoms in total. The molecule has 0 saturated carbocycles. The topological polar surface area (TPSA) is 71.4 Å². The van der Waals surface area contributed by atoms with E-state index in [2.05, 4.69) is 70.9 Å². The molecule has 1 aliphatic rings. The maximum absolute atomic E-state index is 13.3. The highest BCUT2D eigenvalue weighted by Gasteiger charge is 2.37. The van der Waals surface area contributed by atoms with Gasteiger partial charge in [-0.2, -0.15) is 0 Å². The lowest BCUT2D eigenvalue weighted by Crippen LogP contribution is -2.54. The van der Waals surface area contributed by atoms with Crippen LogP contribution in [0.25, 0.3) is 11.8 Å². The number of aryl methyl sites for hydroxylation is 2. The van der Waals surface area contributed by atoms with Gasteiger partial charge in [0.25, 0.3) is 11.8 Å². The van der Waals surface area contributed by atoms with Gasteiger partial charge in [0.05, 0.1) is 5.69 Å². The standard InChI is InChI=1S/C28H28BrN3O3/c1-16-13-22(11-12-24(16)29)32-26(34)23(25(33)30-27(32)35)15-19-14-17(2)31(18(19)3)21-9-7-20(8-10-21)28(4,5)6/h7-15H,1-6H3,(H,30,33,35)/b23-15+. The van der Waals surface area contributed by atoms with Crippen molar-refractivity contribution in [2.45, 2.75) is 47.0 Å². The van der Waals surface area contributed by atoms with Crippen molar-refractivity contribution in [2.24, 2.45) is 0 Å². The molecule has 0 spiro atoms. The predicted molar refractivity (Wildman–Crippen MR) is 142 cm³/mol. The van der Waals surface area contributed by atoms with Crippen LogP contribution in [0.5, 0.6) is 0 Å². The largest absolute Gasteiger partial charge is 0.335 e. The van der Waals surface area contributed by atoms with Crippen LogP contribution in [-0.4, -0.2) is 22.4 Å². The summed E-state index contributed by atoms with van der Waals surface area (Å²) in [7, 11) is 0. The number of anilines is 1. The number of nitrogens with zero attached hydrogens (tertiary/aromatic N) is 2. The number of nitrogens with one attached hydrogen (secondary N) is 1. The maximum atomic E-state index is 13.3. The summed E-state index contributed by atoms with van der Waals surface area (Å²) >= 11 is 3.43. The molecule has 1 saturated heterocycles. The highest BCUT2D eigenvalue weighted by atomic mass is 79.9. The third-order valence-electron chi connectivity index (χ3n) is 6.26. The van der Waals surface area contributed by atoms with Gasteiger partial charge in [-0.1, -0.05) is 48.8 Å². The van der Waals surface area contributed by atoms with Crippen molar-refractivity contribution in [3.8, 4) is 5.69 Å². The van der Waals surface area contributed by atoms with E-state index >= 15 is 0 Å². The van der Waals surface area contributed by atoms with Gasteiger partial charge in [0.2, 0.25) is 0 Å². The Morgan fingerprint density at radius 1 is 0.886 bits per heavy atom. The fourth-order valence-electron chi connectivity index (χ4n) is 4.26. The van der Waals surface area contributed by atoms with E-state index in [1.807, 2.05) is 26.8 Å². The molecule has 0 atom stereocenters. The summed E-state index contributed by atoms with van der Waals surface area (Å²) in [4.78, 5) is 39.5. The molecule has 3 aromatic rings. The Kier molecular flexibility index (Phi) is 6.32. The van der Waals surface area contributed by atoms with E-state index in [1.54, 1.807) is 24.3 Å². The van der Waals surface area contributed by atoms with E-state index in [0.717, 1.165) is 37.6 Å². The zero-order chi connectivity index (χ0) is 25.7. The average Bonchev–Trinajstić information content (AvgIpc) is 3.05. The van der Waals surface area contributed by atoms with E-state index in [0.29, 0.717) is 5.69 Å². The molecule has 0 radical (unpaired) electrons. The first-order valence-corrected chi connectivity index (χ1v) is 12.2. The normalized spacial score (nSPS) is 15.7. The molecule has 7 heteroatoms. The van der Waals surface area contributed by atoms with Gasteiger partial charge in [-0.3, -0.25) is 14.9 Å². The van der Waals surface area contributed by atoms with Gasteiger partial charge in [-0.15, -0.1) is 0 Å². The average molecular weight is 534 g/mol. The molecule has 180 valence electrons. The molecule has 2 heterocycles. The number of hydrogen-bond acceptors (Lipinski definition) is 3. The molecule has 4 rings (SSSR count). The number of urea groups is 1. The maximum Gasteiger partial charge on any atom is 0.335 e. The highest BCUT2D eigenvalue weighted by Crippen LogP contribution is 2.29. The number of imide groups is 2. The summed E-state index contributed by atoms with van der Waals surface area (Å²) in [6.45, 7) is 12.3. The minimum absolute atomic E-state index is 0.0558. The molecular weight excluding hydrogens is 506 g/mol. The number of hydrogen-bond donors (Lipinski definition) is 1. The van der Waals surface area contributed by atoms with Crippen LogP contribution in [0.2, 0.25) is 0 Å². The van der Waals surface area contributed by atoms with Crippen molar-refractivity contribution < 1.29 is 14.4 Å². The molecule has 2 aromatic carbocycles. The minimum Gasteiger partial charge on any atom is -0.318 e. The van der Waals surface area contributed by atoms with Crippen LogP contribution < -0.4 is 10.2 Å². The summed E-state index contributed by atoms with van der Waals surface area (Å²) in [5.74, 6) is -1.36. The molecule has 0 bridgehead atoms. The van der Waals surface area contributed by atoms with Crippen molar-refractivity contribution in [1.82, 2.24) is 9.88 Å². The fourth-order valence-corrected chi connectivity index (χ4v) is 4.50. The molecule has 0 aliphatic carbocycles. The first kappa shape index (κ1) is 24.7. The molecule has 1 N–H and O–H groups in total. The Morgan fingerprint density at radius 3 is 2.11 bits per heavy atom. The van der Waals surface area contributed by atoms with Crippen LogP contribution in [-0.2, 0) is 15.0 Å². The summed E-state index contributed by atoms with van der Waals surface area (Å²) in [6, 6.07) is 14.7. The Labute approximate surface area is 213 Å². The van der Waals surface area contributed by atoms with E-state index < -0.39 is 17.8 Å². The van der Waals surface area contributed by atoms with Crippen molar-refractivity contribution in [2.75, 3.05) is 4.90 Å². The van der Waals surface area contributed by atoms with Gasteiger partial charge in [0.15, 0.2) is 0 Å². The van der Waals surface area contributed by atoms with E-state index in [-0.39, 0.29) is 11.0 Å². The van der Waals surface area contributed by atoms with Gasteiger partial charge in [0, 0.05) is 21.5 Å². The molecular formula is C28H28BrN3O3. The SMILES string of the molecule is Cc1cc(N2C(=O)NC(=O)/C(=C\c3cc(C)n(-c4ccc(C(C)(C)C)cc4)c3C)C2=O)ccc1Br. The van der Waals surface area contributed by atoms with Crippen LogP contribution >= 0.6 is 15.9 Å².